The predicted octanol–water partition coefficient (Wildman–Crippen LogP) is 5.02. The van der Waals surface area contributed by atoms with Gasteiger partial charge in [-0.15, -0.1) is 11.3 Å². The van der Waals surface area contributed by atoms with E-state index in [1.807, 2.05) is 66.9 Å². The summed E-state index contributed by atoms with van der Waals surface area (Å²) >= 11 is 1.45. The maximum Gasteiger partial charge on any atom is 0.282 e. The van der Waals surface area contributed by atoms with Crippen LogP contribution >= 0.6 is 11.3 Å². The summed E-state index contributed by atoms with van der Waals surface area (Å²) < 4.78 is 0. The summed E-state index contributed by atoms with van der Waals surface area (Å²) in [7, 11) is 0. The van der Waals surface area contributed by atoms with Crippen LogP contribution in [0.4, 0.5) is 11.4 Å². The lowest BCUT2D eigenvalue weighted by Crippen LogP contribution is -2.32. The number of nitrogens with zero attached hydrogens (tertiary/aromatic N) is 1. The van der Waals surface area contributed by atoms with Gasteiger partial charge in [-0.1, -0.05) is 43.3 Å². The van der Waals surface area contributed by atoms with E-state index < -0.39 is 0 Å². The molecule has 3 aromatic rings. The highest BCUT2D eigenvalue weighted by Crippen LogP contribution is 2.36. The summed E-state index contributed by atoms with van der Waals surface area (Å²) in [5.41, 5.74) is 4.23. The Balaban J connectivity index is 1.78. The van der Waals surface area contributed by atoms with Crippen molar-refractivity contribution in [1.82, 2.24) is 0 Å². The molecule has 2 amide bonds. The summed E-state index contributed by atoms with van der Waals surface area (Å²) in [6.07, 6.45) is 0.946. The minimum Gasteiger partial charge on any atom is -0.350 e. The molecule has 2 heterocycles. The van der Waals surface area contributed by atoms with Gasteiger partial charge < -0.3 is 5.32 Å². The van der Waals surface area contributed by atoms with Crippen molar-refractivity contribution in [2.45, 2.75) is 20.3 Å². The van der Waals surface area contributed by atoms with E-state index in [1.165, 1.54) is 21.8 Å². The molecule has 0 saturated carbocycles. The van der Waals surface area contributed by atoms with Crippen LogP contribution in [0.1, 0.15) is 22.9 Å². The molecule has 0 saturated heterocycles. The average molecular weight is 388 g/mol. The number of hydrogen-bond donors (Lipinski definition) is 1. The lowest BCUT2D eigenvalue weighted by Gasteiger charge is -2.17. The molecule has 1 aliphatic heterocycles. The summed E-state index contributed by atoms with van der Waals surface area (Å²) in [6, 6.07) is 19.1. The number of imide groups is 1. The molecule has 0 bridgehead atoms. The Kier molecular flexibility index (Phi) is 4.84. The van der Waals surface area contributed by atoms with Gasteiger partial charge in [0.15, 0.2) is 0 Å². The third kappa shape index (κ3) is 3.14. The molecule has 140 valence electrons. The topological polar surface area (TPSA) is 49.4 Å². The van der Waals surface area contributed by atoms with Gasteiger partial charge in [-0.3, -0.25) is 9.59 Å². The molecule has 0 spiro atoms. The first kappa shape index (κ1) is 18.2. The first-order chi connectivity index (χ1) is 13.6. The van der Waals surface area contributed by atoms with Crippen LogP contribution in [0.15, 0.2) is 71.7 Å². The van der Waals surface area contributed by atoms with Crippen LogP contribution in [-0.4, -0.2) is 11.8 Å². The van der Waals surface area contributed by atoms with Crippen LogP contribution in [0.3, 0.4) is 0 Å². The van der Waals surface area contributed by atoms with Gasteiger partial charge in [-0.05, 0) is 54.1 Å². The normalized spacial score (nSPS) is 14.1. The monoisotopic (exact) mass is 388 g/mol. The van der Waals surface area contributed by atoms with Crippen molar-refractivity contribution in [1.29, 1.82) is 0 Å². The largest absolute Gasteiger partial charge is 0.350 e. The number of para-hydroxylation sites is 1. The lowest BCUT2D eigenvalue weighted by molar-refractivity contribution is -0.120. The van der Waals surface area contributed by atoms with Crippen molar-refractivity contribution in [3.63, 3.8) is 0 Å². The molecule has 4 rings (SSSR count). The van der Waals surface area contributed by atoms with Gasteiger partial charge in [0.1, 0.15) is 5.70 Å². The van der Waals surface area contributed by atoms with Gasteiger partial charge >= 0.3 is 0 Å². The highest BCUT2D eigenvalue weighted by Gasteiger charge is 2.41. The molecule has 5 heteroatoms. The SMILES string of the molecule is CCc1ccc(NC2=C(c3cccs3)C(=O)N(c3ccccc3C)C2=O)cc1. The molecule has 0 radical (unpaired) electrons. The van der Waals surface area contributed by atoms with Crippen LogP contribution in [-0.2, 0) is 16.0 Å². The molecule has 1 aromatic heterocycles. The van der Waals surface area contributed by atoms with Gasteiger partial charge in [0, 0.05) is 10.6 Å². The summed E-state index contributed by atoms with van der Waals surface area (Å²) in [6.45, 7) is 3.99. The zero-order valence-corrected chi connectivity index (χ0v) is 16.5. The van der Waals surface area contributed by atoms with Crippen molar-refractivity contribution in [2.24, 2.45) is 0 Å². The van der Waals surface area contributed by atoms with Crippen LogP contribution in [0.5, 0.6) is 0 Å². The van der Waals surface area contributed by atoms with Gasteiger partial charge in [-0.2, -0.15) is 0 Å². The Labute approximate surface area is 168 Å². The Morgan fingerprint density at radius 2 is 1.68 bits per heavy atom. The molecule has 0 aliphatic carbocycles. The predicted molar refractivity (Wildman–Crippen MR) is 114 cm³/mol. The fourth-order valence-corrected chi connectivity index (χ4v) is 4.06. The van der Waals surface area contributed by atoms with Gasteiger partial charge in [0.25, 0.3) is 11.8 Å². The van der Waals surface area contributed by atoms with Crippen molar-refractivity contribution in [2.75, 3.05) is 10.2 Å². The van der Waals surface area contributed by atoms with E-state index in [0.717, 1.165) is 22.5 Å². The van der Waals surface area contributed by atoms with E-state index in [0.29, 0.717) is 17.0 Å². The smallest absolute Gasteiger partial charge is 0.282 e. The Bertz CT molecular complexity index is 1070. The van der Waals surface area contributed by atoms with Crippen LogP contribution < -0.4 is 10.2 Å². The number of rotatable bonds is 5. The first-order valence-electron chi connectivity index (χ1n) is 9.18. The van der Waals surface area contributed by atoms with Gasteiger partial charge in [0.05, 0.1) is 11.3 Å². The second kappa shape index (κ2) is 7.44. The zero-order chi connectivity index (χ0) is 19.7. The van der Waals surface area contributed by atoms with Crippen molar-refractivity contribution in [3.8, 4) is 0 Å². The average Bonchev–Trinajstić information content (AvgIpc) is 3.31. The Hall–Kier alpha value is -3.18. The highest BCUT2D eigenvalue weighted by molar-refractivity contribution is 7.11. The first-order valence-corrected chi connectivity index (χ1v) is 10.1. The van der Waals surface area contributed by atoms with Crippen LogP contribution in [0, 0.1) is 6.92 Å². The summed E-state index contributed by atoms with van der Waals surface area (Å²) in [4.78, 5) is 28.6. The quantitative estimate of drug-likeness (QED) is 0.625. The van der Waals surface area contributed by atoms with E-state index in [2.05, 4.69) is 12.2 Å². The summed E-state index contributed by atoms with van der Waals surface area (Å²) in [5.74, 6) is -0.628. The molecule has 0 atom stereocenters. The third-order valence-electron chi connectivity index (χ3n) is 4.84. The number of aryl methyl sites for hydroxylation is 2. The molecular formula is C23H20N2O2S. The van der Waals surface area contributed by atoms with E-state index in [1.54, 1.807) is 6.07 Å². The number of benzene rings is 2. The van der Waals surface area contributed by atoms with Crippen molar-refractivity contribution < 1.29 is 9.59 Å². The number of hydrogen-bond acceptors (Lipinski definition) is 4. The van der Waals surface area contributed by atoms with Crippen molar-refractivity contribution in [3.05, 3.63) is 87.7 Å². The van der Waals surface area contributed by atoms with E-state index in [4.69, 9.17) is 0 Å². The number of nitrogens with one attached hydrogen (secondary N) is 1. The second-order valence-electron chi connectivity index (χ2n) is 6.63. The number of carbonyl (C=O) groups excluding carboxylic acids is 2. The molecular weight excluding hydrogens is 368 g/mol. The van der Waals surface area contributed by atoms with Gasteiger partial charge in [-0.25, -0.2) is 4.90 Å². The fraction of sp³-hybridized carbons (Fsp3) is 0.130. The Morgan fingerprint density at radius 3 is 2.32 bits per heavy atom. The van der Waals surface area contributed by atoms with Gasteiger partial charge in [0.2, 0.25) is 0 Å². The minimum absolute atomic E-state index is 0.297. The molecule has 1 aliphatic rings. The minimum atomic E-state index is -0.331. The van der Waals surface area contributed by atoms with Crippen molar-refractivity contribution >= 4 is 40.1 Å². The van der Waals surface area contributed by atoms with E-state index in [9.17, 15) is 9.59 Å². The van der Waals surface area contributed by atoms with Crippen LogP contribution in [0.2, 0.25) is 0 Å². The van der Waals surface area contributed by atoms with Crippen LogP contribution in [0.25, 0.3) is 5.57 Å². The molecule has 4 nitrogen and oxygen atoms in total. The standard InChI is InChI=1S/C23H20N2O2S/c1-3-16-10-12-17(13-11-16)24-21-20(19-9-6-14-28-19)22(26)25(23(21)27)18-8-5-4-7-15(18)2/h4-14,24H,3H2,1-2H3. The fourth-order valence-electron chi connectivity index (χ4n) is 3.30. The Morgan fingerprint density at radius 1 is 0.929 bits per heavy atom. The second-order valence-corrected chi connectivity index (χ2v) is 7.58. The molecule has 0 unspecified atom stereocenters. The number of thiophene rings is 1. The molecule has 1 N–H and O–H groups in total. The maximum atomic E-state index is 13.3. The van der Waals surface area contributed by atoms with E-state index >= 15 is 0 Å². The zero-order valence-electron chi connectivity index (χ0n) is 15.7. The highest BCUT2D eigenvalue weighted by atomic mass is 32.1. The number of amides is 2. The number of anilines is 2. The summed E-state index contributed by atoms with van der Waals surface area (Å²) in [5, 5.41) is 5.11. The molecule has 0 fully saturated rings. The number of carbonyl (C=O) groups is 2. The molecule has 2 aromatic carbocycles. The maximum absolute atomic E-state index is 13.3. The lowest BCUT2D eigenvalue weighted by atomic mass is 10.1. The third-order valence-corrected chi connectivity index (χ3v) is 5.73. The van der Waals surface area contributed by atoms with E-state index in [-0.39, 0.29) is 11.8 Å². The molecule has 28 heavy (non-hydrogen) atoms.